The van der Waals surface area contributed by atoms with Crippen LogP contribution in [0.5, 0.6) is 5.75 Å². The van der Waals surface area contributed by atoms with E-state index in [0.717, 1.165) is 0 Å². The molecular weight excluding hydrogens is 281 g/mol. The number of rotatable bonds is 4. The maximum absolute atomic E-state index is 12.5. The van der Waals surface area contributed by atoms with Crippen LogP contribution in [0, 0.1) is 0 Å². The van der Waals surface area contributed by atoms with Gasteiger partial charge in [-0.05, 0) is 38.5 Å². The molecule has 2 aromatic rings. The summed E-state index contributed by atoms with van der Waals surface area (Å²) < 4.78 is 44.2. The van der Waals surface area contributed by atoms with Gasteiger partial charge in [-0.15, -0.1) is 0 Å². The van der Waals surface area contributed by atoms with E-state index in [0.29, 0.717) is 16.7 Å². The molecule has 0 bridgehead atoms. The Morgan fingerprint density at radius 1 is 1.21 bits per heavy atom. The molecule has 0 spiro atoms. The second-order valence-electron chi connectivity index (χ2n) is 4.53. The van der Waals surface area contributed by atoms with Crippen LogP contribution in [0.4, 0.5) is 12.9 Å². The molecule has 0 saturated heterocycles. The Morgan fingerprint density at radius 2 is 1.89 bits per heavy atom. The standard InChI is InChI=1S/C12H14BF3NO.K/c1-9(2)18-12-5-3-4-11-10(12)6-7-17(11)8-13(14,15)16;/h3-7,9H,8H2,1-2H3;/q-1;+1. The summed E-state index contributed by atoms with van der Waals surface area (Å²) in [5.74, 6) is 0.621. The maximum atomic E-state index is 12.5. The van der Waals surface area contributed by atoms with E-state index in [1.165, 1.54) is 10.8 Å². The Kier molecular flexibility index (Phi) is 6.00. The molecule has 98 valence electrons. The number of fused-ring (bicyclic) bond motifs is 1. The van der Waals surface area contributed by atoms with Gasteiger partial charge < -0.3 is 22.3 Å². The van der Waals surface area contributed by atoms with Crippen LogP contribution in [0.3, 0.4) is 0 Å². The second-order valence-corrected chi connectivity index (χ2v) is 4.53. The first kappa shape index (κ1) is 17.1. The van der Waals surface area contributed by atoms with Crippen LogP contribution in [0.15, 0.2) is 30.5 Å². The van der Waals surface area contributed by atoms with Gasteiger partial charge in [0.05, 0.1) is 6.10 Å². The summed E-state index contributed by atoms with van der Waals surface area (Å²) in [6.07, 6.45) is 0.521. The fraction of sp³-hybridized carbons (Fsp3) is 0.333. The first-order valence-electron chi connectivity index (χ1n) is 5.82. The van der Waals surface area contributed by atoms with Gasteiger partial charge in [-0.25, -0.2) is 0 Å². The first-order valence-corrected chi connectivity index (χ1v) is 5.82. The SMILES string of the molecule is CC(C)Oc1cccc2c1ccn2C[B-](F)(F)F.[K+]. The van der Waals surface area contributed by atoms with Crippen molar-refractivity contribution < 1.29 is 69.1 Å². The fourth-order valence-corrected chi connectivity index (χ4v) is 1.93. The molecule has 0 amide bonds. The molecule has 7 heteroatoms. The first-order chi connectivity index (χ1) is 8.37. The summed E-state index contributed by atoms with van der Waals surface area (Å²) in [7, 11) is 0. The van der Waals surface area contributed by atoms with Gasteiger partial charge in [0.1, 0.15) is 5.75 Å². The van der Waals surface area contributed by atoms with Crippen molar-refractivity contribution in [2.75, 3.05) is 0 Å². The monoisotopic (exact) mass is 295 g/mol. The molecule has 0 atom stereocenters. The van der Waals surface area contributed by atoms with Crippen LogP contribution in [0.25, 0.3) is 10.9 Å². The number of hydrogen-bond acceptors (Lipinski definition) is 1. The number of benzene rings is 1. The van der Waals surface area contributed by atoms with Crippen LogP contribution < -0.4 is 56.1 Å². The molecule has 0 aliphatic carbocycles. The molecular formula is C12H14BF3KNO. The molecule has 0 saturated carbocycles. The van der Waals surface area contributed by atoms with E-state index in [1.807, 2.05) is 13.8 Å². The number of aromatic nitrogens is 1. The van der Waals surface area contributed by atoms with E-state index in [4.69, 9.17) is 4.74 Å². The molecule has 2 nitrogen and oxygen atoms in total. The van der Waals surface area contributed by atoms with Crippen LogP contribution in [-0.4, -0.2) is 17.6 Å². The van der Waals surface area contributed by atoms with Crippen molar-refractivity contribution >= 4 is 17.9 Å². The normalized spacial score (nSPS) is 11.7. The minimum atomic E-state index is -4.84. The van der Waals surface area contributed by atoms with E-state index >= 15 is 0 Å². The summed E-state index contributed by atoms with van der Waals surface area (Å²) in [5.41, 5.74) is 0.548. The van der Waals surface area contributed by atoms with Crippen molar-refractivity contribution in [2.45, 2.75) is 26.4 Å². The fourth-order valence-electron chi connectivity index (χ4n) is 1.93. The average Bonchev–Trinajstić information content (AvgIpc) is 2.59. The topological polar surface area (TPSA) is 14.2 Å². The minimum Gasteiger partial charge on any atom is -0.490 e. The summed E-state index contributed by atoms with van der Waals surface area (Å²) in [6.45, 7) is -1.08. The van der Waals surface area contributed by atoms with E-state index in [2.05, 4.69) is 0 Å². The number of hydrogen-bond donors (Lipinski definition) is 0. The van der Waals surface area contributed by atoms with Gasteiger partial charge in [-0.1, -0.05) is 6.07 Å². The van der Waals surface area contributed by atoms with Crippen molar-refractivity contribution in [1.82, 2.24) is 4.57 Å². The molecule has 0 fully saturated rings. The zero-order chi connectivity index (χ0) is 13.3. The quantitative estimate of drug-likeness (QED) is 0.762. The molecule has 1 aromatic heterocycles. The maximum Gasteiger partial charge on any atom is 1.00 e. The summed E-state index contributed by atoms with van der Waals surface area (Å²) >= 11 is 0. The zero-order valence-corrected chi connectivity index (χ0v) is 14.4. The molecule has 0 radical (unpaired) electrons. The van der Waals surface area contributed by atoms with Crippen molar-refractivity contribution in [1.29, 1.82) is 0 Å². The third-order valence-corrected chi connectivity index (χ3v) is 2.54. The molecule has 0 unspecified atom stereocenters. The van der Waals surface area contributed by atoms with Gasteiger partial charge in [-0.3, -0.25) is 0 Å². The van der Waals surface area contributed by atoms with Crippen molar-refractivity contribution in [3.05, 3.63) is 30.5 Å². The zero-order valence-electron chi connectivity index (χ0n) is 11.2. The number of nitrogens with zero attached hydrogens (tertiary/aromatic N) is 1. The van der Waals surface area contributed by atoms with Crippen LogP contribution in [-0.2, 0) is 6.44 Å². The number of halogens is 3. The predicted octanol–water partition coefficient (Wildman–Crippen LogP) is 0.819. The Hall–Kier alpha value is 0.0513. The van der Waals surface area contributed by atoms with Gasteiger partial charge in [0.2, 0.25) is 0 Å². The predicted molar refractivity (Wildman–Crippen MR) is 66.8 cm³/mol. The molecule has 1 heterocycles. The van der Waals surface area contributed by atoms with E-state index < -0.39 is 13.4 Å². The summed E-state index contributed by atoms with van der Waals surface area (Å²) in [4.78, 5) is 0. The molecule has 2 rings (SSSR count). The average molecular weight is 295 g/mol. The van der Waals surface area contributed by atoms with Gasteiger partial charge >= 0.3 is 58.4 Å². The minimum absolute atomic E-state index is 0. The Labute approximate surface area is 152 Å². The Bertz CT molecular complexity index is 553. The van der Waals surface area contributed by atoms with Crippen molar-refractivity contribution in [2.24, 2.45) is 0 Å². The molecule has 0 aliphatic heterocycles. The third-order valence-electron chi connectivity index (χ3n) is 2.54. The van der Waals surface area contributed by atoms with E-state index in [9.17, 15) is 12.9 Å². The summed E-state index contributed by atoms with van der Waals surface area (Å²) in [6, 6.07) is 6.81. The third kappa shape index (κ3) is 4.53. The molecule has 0 aliphatic rings. The summed E-state index contributed by atoms with van der Waals surface area (Å²) in [5, 5.41) is 0.714. The van der Waals surface area contributed by atoms with Gasteiger partial charge in [0.15, 0.2) is 0 Å². The van der Waals surface area contributed by atoms with Gasteiger partial charge in [0, 0.05) is 17.1 Å². The Morgan fingerprint density at radius 3 is 2.47 bits per heavy atom. The second kappa shape index (κ2) is 6.67. The van der Waals surface area contributed by atoms with E-state index in [1.54, 1.807) is 24.3 Å². The molecule has 0 N–H and O–H groups in total. The van der Waals surface area contributed by atoms with Crippen molar-refractivity contribution in [3.63, 3.8) is 0 Å². The van der Waals surface area contributed by atoms with Gasteiger partial charge in [-0.2, -0.15) is 0 Å². The van der Waals surface area contributed by atoms with E-state index in [-0.39, 0.29) is 57.5 Å². The molecule has 1 aromatic carbocycles. The molecule has 19 heavy (non-hydrogen) atoms. The van der Waals surface area contributed by atoms with Crippen LogP contribution in [0.2, 0.25) is 0 Å². The smallest absolute Gasteiger partial charge is 0.490 e. The van der Waals surface area contributed by atoms with Crippen LogP contribution in [0.1, 0.15) is 13.8 Å². The van der Waals surface area contributed by atoms with Gasteiger partial charge in [0.25, 0.3) is 0 Å². The van der Waals surface area contributed by atoms with Crippen LogP contribution >= 0.6 is 0 Å². The number of ether oxygens (including phenoxy) is 1. The van der Waals surface area contributed by atoms with Crippen molar-refractivity contribution in [3.8, 4) is 5.75 Å². The Balaban J connectivity index is 0.00000180. The largest absolute Gasteiger partial charge is 1.00 e.